The standard InChI is InChI=1S/C21H25ClN4O/c1-16-2-7-20(23-14-16)25-12-10-24(11-13-25)19-8-9-26(21(19)27)15-17-3-5-18(22)6-4-17/h2-7,14,19H,8-13,15H2,1H3. The lowest BCUT2D eigenvalue weighted by atomic mass is 10.1. The van der Waals surface area contributed by atoms with Crippen molar-refractivity contribution in [2.24, 2.45) is 0 Å². The maximum absolute atomic E-state index is 12.9. The Morgan fingerprint density at radius 3 is 2.44 bits per heavy atom. The molecule has 2 aliphatic rings. The number of piperazine rings is 1. The Kier molecular flexibility index (Phi) is 5.32. The van der Waals surface area contributed by atoms with Gasteiger partial charge in [0.1, 0.15) is 5.82 Å². The van der Waals surface area contributed by atoms with Crippen LogP contribution < -0.4 is 4.90 Å². The molecule has 0 saturated carbocycles. The zero-order valence-electron chi connectivity index (χ0n) is 15.6. The number of nitrogens with zero attached hydrogens (tertiary/aromatic N) is 4. The molecule has 1 atom stereocenters. The molecule has 27 heavy (non-hydrogen) atoms. The maximum atomic E-state index is 12.9. The smallest absolute Gasteiger partial charge is 0.240 e. The summed E-state index contributed by atoms with van der Waals surface area (Å²) in [6.07, 6.45) is 2.83. The molecule has 5 nitrogen and oxygen atoms in total. The summed E-state index contributed by atoms with van der Waals surface area (Å²) in [5.74, 6) is 1.29. The quantitative estimate of drug-likeness (QED) is 0.812. The fraction of sp³-hybridized carbons (Fsp3) is 0.429. The monoisotopic (exact) mass is 384 g/mol. The summed E-state index contributed by atoms with van der Waals surface area (Å²) in [7, 11) is 0. The summed E-state index contributed by atoms with van der Waals surface area (Å²) in [5.41, 5.74) is 2.30. The van der Waals surface area contributed by atoms with E-state index in [9.17, 15) is 4.79 Å². The largest absolute Gasteiger partial charge is 0.354 e. The maximum Gasteiger partial charge on any atom is 0.240 e. The summed E-state index contributed by atoms with van der Waals surface area (Å²) in [6.45, 7) is 7.18. The van der Waals surface area contributed by atoms with Crippen LogP contribution in [0.15, 0.2) is 42.6 Å². The Hall–Kier alpha value is -2.11. The molecule has 1 amide bonds. The van der Waals surface area contributed by atoms with Gasteiger partial charge in [-0.15, -0.1) is 0 Å². The zero-order chi connectivity index (χ0) is 18.8. The van der Waals surface area contributed by atoms with E-state index in [2.05, 4.69) is 33.8 Å². The molecule has 0 aliphatic carbocycles. The van der Waals surface area contributed by atoms with Crippen molar-refractivity contribution in [2.45, 2.75) is 25.9 Å². The van der Waals surface area contributed by atoms with Crippen LogP contribution in [0.1, 0.15) is 17.5 Å². The van der Waals surface area contributed by atoms with Gasteiger partial charge >= 0.3 is 0 Å². The number of halogens is 1. The van der Waals surface area contributed by atoms with E-state index in [-0.39, 0.29) is 11.9 Å². The molecule has 1 unspecified atom stereocenters. The molecule has 0 N–H and O–H groups in total. The average Bonchev–Trinajstić information content (AvgIpc) is 3.05. The van der Waals surface area contributed by atoms with Gasteiger partial charge in [-0.1, -0.05) is 29.8 Å². The molecule has 3 heterocycles. The Bertz CT molecular complexity index is 785. The van der Waals surface area contributed by atoms with Crippen molar-refractivity contribution < 1.29 is 4.79 Å². The highest BCUT2D eigenvalue weighted by molar-refractivity contribution is 6.30. The molecular formula is C21H25ClN4O. The van der Waals surface area contributed by atoms with Crippen LogP contribution in [0.25, 0.3) is 0 Å². The van der Waals surface area contributed by atoms with Gasteiger partial charge in [-0.05, 0) is 42.7 Å². The molecule has 2 saturated heterocycles. The van der Waals surface area contributed by atoms with Crippen molar-refractivity contribution in [3.63, 3.8) is 0 Å². The number of likely N-dealkylation sites (tertiary alicyclic amines) is 1. The van der Waals surface area contributed by atoms with Crippen LogP contribution in [0, 0.1) is 6.92 Å². The third-order valence-electron chi connectivity index (χ3n) is 5.53. The Morgan fingerprint density at radius 1 is 1.04 bits per heavy atom. The molecule has 1 aromatic carbocycles. The van der Waals surface area contributed by atoms with Gasteiger partial charge in [0, 0.05) is 50.5 Å². The number of aryl methyl sites for hydroxylation is 1. The van der Waals surface area contributed by atoms with Crippen molar-refractivity contribution in [3.05, 3.63) is 58.7 Å². The van der Waals surface area contributed by atoms with Crippen LogP contribution in [0.5, 0.6) is 0 Å². The molecule has 2 fully saturated rings. The molecule has 4 rings (SSSR count). The van der Waals surface area contributed by atoms with E-state index in [4.69, 9.17) is 11.6 Å². The Labute approximate surface area is 165 Å². The first-order chi connectivity index (χ1) is 13.1. The van der Waals surface area contributed by atoms with E-state index in [0.717, 1.165) is 55.5 Å². The first kappa shape index (κ1) is 18.3. The van der Waals surface area contributed by atoms with E-state index in [1.807, 2.05) is 35.4 Å². The number of hydrogen-bond donors (Lipinski definition) is 0. The predicted octanol–water partition coefficient (Wildman–Crippen LogP) is 2.97. The summed E-state index contributed by atoms with van der Waals surface area (Å²) >= 11 is 5.95. The lowest BCUT2D eigenvalue weighted by Gasteiger charge is -2.37. The molecule has 142 valence electrons. The highest BCUT2D eigenvalue weighted by Gasteiger charge is 2.37. The van der Waals surface area contributed by atoms with Gasteiger partial charge in [-0.25, -0.2) is 4.98 Å². The van der Waals surface area contributed by atoms with E-state index < -0.39 is 0 Å². The summed E-state index contributed by atoms with van der Waals surface area (Å²) < 4.78 is 0. The fourth-order valence-electron chi connectivity index (χ4n) is 3.94. The number of aromatic nitrogens is 1. The summed E-state index contributed by atoms with van der Waals surface area (Å²) in [5, 5.41) is 0.727. The van der Waals surface area contributed by atoms with Gasteiger partial charge in [-0.3, -0.25) is 9.69 Å². The van der Waals surface area contributed by atoms with Crippen molar-refractivity contribution in [1.29, 1.82) is 0 Å². The van der Waals surface area contributed by atoms with Crippen molar-refractivity contribution in [3.8, 4) is 0 Å². The van der Waals surface area contributed by atoms with Crippen LogP contribution in [-0.2, 0) is 11.3 Å². The number of amides is 1. The van der Waals surface area contributed by atoms with Gasteiger partial charge in [0.25, 0.3) is 0 Å². The molecule has 6 heteroatoms. The van der Waals surface area contributed by atoms with E-state index in [1.165, 1.54) is 5.56 Å². The van der Waals surface area contributed by atoms with Crippen molar-refractivity contribution >= 4 is 23.3 Å². The third kappa shape index (κ3) is 4.09. The van der Waals surface area contributed by atoms with Gasteiger partial charge in [0.15, 0.2) is 0 Å². The first-order valence-corrected chi connectivity index (χ1v) is 9.93. The van der Waals surface area contributed by atoms with Crippen LogP contribution in [0.4, 0.5) is 5.82 Å². The number of anilines is 1. The molecule has 2 aromatic rings. The third-order valence-corrected chi connectivity index (χ3v) is 5.78. The molecule has 0 spiro atoms. The van der Waals surface area contributed by atoms with E-state index in [0.29, 0.717) is 6.54 Å². The van der Waals surface area contributed by atoms with Crippen molar-refractivity contribution in [1.82, 2.24) is 14.8 Å². The SMILES string of the molecule is Cc1ccc(N2CCN(C3CCN(Cc4ccc(Cl)cc4)C3=O)CC2)nc1. The highest BCUT2D eigenvalue weighted by atomic mass is 35.5. The minimum atomic E-state index is 0.0189. The van der Waals surface area contributed by atoms with E-state index in [1.54, 1.807) is 0 Å². The zero-order valence-corrected chi connectivity index (χ0v) is 16.4. The van der Waals surface area contributed by atoms with Crippen LogP contribution in [-0.4, -0.2) is 59.5 Å². The normalized spacial score (nSPS) is 21.1. The Balaban J connectivity index is 1.33. The summed E-state index contributed by atoms with van der Waals surface area (Å²) in [6, 6.07) is 12.0. The minimum absolute atomic E-state index is 0.0189. The lowest BCUT2D eigenvalue weighted by Crippen LogP contribution is -2.52. The van der Waals surface area contributed by atoms with Crippen LogP contribution >= 0.6 is 11.6 Å². The number of pyridine rings is 1. The second kappa shape index (κ2) is 7.87. The lowest BCUT2D eigenvalue weighted by molar-refractivity contribution is -0.132. The number of carbonyl (C=O) groups excluding carboxylic acids is 1. The van der Waals surface area contributed by atoms with Crippen molar-refractivity contribution in [2.75, 3.05) is 37.6 Å². The average molecular weight is 385 g/mol. The second-order valence-corrected chi connectivity index (χ2v) is 7.84. The molecule has 0 radical (unpaired) electrons. The fourth-order valence-corrected chi connectivity index (χ4v) is 4.06. The Morgan fingerprint density at radius 2 is 1.78 bits per heavy atom. The topological polar surface area (TPSA) is 39.7 Å². The second-order valence-electron chi connectivity index (χ2n) is 7.41. The van der Waals surface area contributed by atoms with Gasteiger partial charge < -0.3 is 9.80 Å². The molecular weight excluding hydrogens is 360 g/mol. The highest BCUT2D eigenvalue weighted by Crippen LogP contribution is 2.23. The number of carbonyl (C=O) groups is 1. The molecule has 2 aliphatic heterocycles. The predicted molar refractivity (Wildman–Crippen MR) is 108 cm³/mol. The number of rotatable bonds is 4. The van der Waals surface area contributed by atoms with Gasteiger partial charge in [-0.2, -0.15) is 0 Å². The first-order valence-electron chi connectivity index (χ1n) is 9.55. The van der Waals surface area contributed by atoms with E-state index >= 15 is 0 Å². The number of benzene rings is 1. The minimum Gasteiger partial charge on any atom is -0.354 e. The van der Waals surface area contributed by atoms with Gasteiger partial charge in [0.2, 0.25) is 5.91 Å². The molecule has 1 aromatic heterocycles. The van der Waals surface area contributed by atoms with Crippen LogP contribution in [0.3, 0.4) is 0 Å². The molecule has 0 bridgehead atoms. The van der Waals surface area contributed by atoms with Gasteiger partial charge in [0.05, 0.1) is 6.04 Å². The summed E-state index contributed by atoms with van der Waals surface area (Å²) in [4.78, 5) is 24.0. The number of hydrogen-bond acceptors (Lipinski definition) is 4. The van der Waals surface area contributed by atoms with Crippen LogP contribution in [0.2, 0.25) is 5.02 Å².